The van der Waals surface area contributed by atoms with E-state index in [-0.39, 0.29) is 5.91 Å². The molecule has 0 radical (unpaired) electrons. The number of piperidine rings is 1. The highest BCUT2D eigenvalue weighted by molar-refractivity contribution is 5.84. The van der Waals surface area contributed by atoms with Crippen LogP contribution in [0.5, 0.6) is 0 Å². The van der Waals surface area contributed by atoms with Gasteiger partial charge in [0.25, 0.3) is 0 Å². The molecule has 0 aromatic heterocycles. The molecule has 1 atom stereocenters. The van der Waals surface area contributed by atoms with Crippen molar-refractivity contribution in [1.29, 1.82) is 0 Å². The second kappa shape index (κ2) is 6.41. The molecule has 0 aromatic rings. The fourth-order valence-electron chi connectivity index (χ4n) is 3.16. The second-order valence-corrected chi connectivity index (χ2v) is 7.10. The van der Waals surface area contributed by atoms with E-state index in [0.29, 0.717) is 6.04 Å². The maximum Gasteiger partial charge on any atom is 0.238 e. The fraction of sp³-hybridized carbons (Fsp3) is 0.933. The van der Waals surface area contributed by atoms with Crippen LogP contribution in [0.4, 0.5) is 0 Å². The van der Waals surface area contributed by atoms with Crippen LogP contribution in [-0.2, 0) is 4.79 Å². The number of nitrogens with one attached hydrogen (secondary N) is 1. The molecule has 2 aliphatic rings. The number of nitrogens with zero attached hydrogens (tertiary/aromatic N) is 2. The first kappa shape index (κ1) is 15.7. The van der Waals surface area contributed by atoms with Crippen molar-refractivity contribution in [1.82, 2.24) is 15.1 Å². The van der Waals surface area contributed by atoms with Gasteiger partial charge in [0.1, 0.15) is 5.54 Å². The van der Waals surface area contributed by atoms with Crippen LogP contribution >= 0.6 is 0 Å². The van der Waals surface area contributed by atoms with Gasteiger partial charge in [-0.2, -0.15) is 0 Å². The third-order valence-corrected chi connectivity index (χ3v) is 4.51. The molecule has 2 rings (SSSR count). The molecule has 2 fully saturated rings. The third kappa shape index (κ3) is 4.43. The Morgan fingerprint density at radius 1 is 1.30 bits per heavy atom. The molecule has 1 saturated heterocycles. The minimum absolute atomic E-state index is 0.222. The van der Waals surface area contributed by atoms with Gasteiger partial charge in [-0.1, -0.05) is 0 Å². The lowest BCUT2D eigenvalue weighted by atomic mass is 9.93. The predicted octanol–water partition coefficient (Wildman–Crippen LogP) is 0.256. The topological polar surface area (TPSA) is 61.6 Å². The van der Waals surface area contributed by atoms with E-state index >= 15 is 0 Å². The zero-order valence-corrected chi connectivity index (χ0v) is 13.2. The Hall–Kier alpha value is -0.650. The monoisotopic (exact) mass is 282 g/mol. The van der Waals surface area contributed by atoms with Crippen molar-refractivity contribution in [2.75, 3.05) is 40.3 Å². The molecule has 5 nitrogen and oxygen atoms in total. The van der Waals surface area contributed by atoms with Gasteiger partial charge in [-0.15, -0.1) is 0 Å². The van der Waals surface area contributed by atoms with Crippen LogP contribution in [0.15, 0.2) is 0 Å². The summed E-state index contributed by atoms with van der Waals surface area (Å²) in [5.41, 5.74) is 5.05. The SMILES string of the molecule is CN(C)CC1CCN(CC(C)(NC2CC2)C(N)=O)CC1. The molecule has 0 bridgehead atoms. The number of carbonyl (C=O) groups is 1. The Bertz CT molecular complexity index is 335. The third-order valence-electron chi connectivity index (χ3n) is 4.51. The molecule has 3 N–H and O–H groups in total. The van der Waals surface area contributed by atoms with E-state index in [4.69, 9.17) is 5.73 Å². The maximum absolute atomic E-state index is 11.8. The van der Waals surface area contributed by atoms with Gasteiger partial charge in [0, 0.05) is 19.1 Å². The number of rotatable bonds is 7. The number of likely N-dealkylation sites (tertiary alicyclic amines) is 1. The zero-order chi connectivity index (χ0) is 14.8. The highest BCUT2D eigenvalue weighted by atomic mass is 16.1. The van der Waals surface area contributed by atoms with Crippen molar-refractivity contribution in [3.63, 3.8) is 0 Å². The normalized spacial score (nSPS) is 24.8. The van der Waals surface area contributed by atoms with Crippen molar-refractivity contribution in [2.24, 2.45) is 11.7 Å². The molecule has 1 aliphatic heterocycles. The molecular weight excluding hydrogens is 252 g/mol. The summed E-state index contributed by atoms with van der Waals surface area (Å²) in [6.07, 6.45) is 4.79. The summed E-state index contributed by atoms with van der Waals surface area (Å²) in [4.78, 5) is 16.5. The van der Waals surface area contributed by atoms with Gasteiger partial charge < -0.3 is 15.5 Å². The van der Waals surface area contributed by atoms with Crippen molar-refractivity contribution in [3.05, 3.63) is 0 Å². The molecule has 0 spiro atoms. The van der Waals surface area contributed by atoms with E-state index in [9.17, 15) is 4.79 Å². The zero-order valence-electron chi connectivity index (χ0n) is 13.2. The number of nitrogens with two attached hydrogens (primary N) is 1. The molecule has 1 heterocycles. The number of primary amides is 1. The van der Waals surface area contributed by atoms with Crippen LogP contribution in [0.1, 0.15) is 32.6 Å². The molecule has 1 saturated carbocycles. The minimum Gasteiger partial charge on any atom is -0.368 e. The lowest BCUT2D eigenvalue weighted by Gasteiger charge is -2.38. The van der Waals surface area contributed by atoms with Crippen LogP contribution in [0.2, 0.25) is 0 Å². The lowest BCUT2D eigenvalue weighted by Crippen LogP contribution is -2.61. The van der Waals surface area contributed by atoms with Crippen LogP contribution in [-0.4, -0.2) is 67.6 Å². The van der Waals surface area contributed by atoms with E-state index in [2.05, 4.69) is 29.2 Å². The predicted molar refractivity (Wildman–Crippen MR) is 81.5 cm³/mol. The summed E-state index contributed by atoms with van der Waals surface area (Å²) in [6.45, 7) is 6.02. The fourth-order valence-corrected chi connectivity index (χ4v) is 3.16. The summed E-state index contributed by atoms with van der Waals surface area (Å²) >= 11 is 0. The number of hydrogen-bond acceptors (Lipinski definition) is 4. The summed E-state index contributed by atoms with van der Waals surface area (Å²) in [6, 6.07) is 0.499. The van der Waals surface area contributed by atoms with Crippen LogP contribution < -0.4 is 11.1 Å². The summed E-state index contributed by atoms with van der Waals surface area (Å²) in [7, 11) is 4.27. The Kier molecular flexibility index (Phi) is 5.04. The summed E-state index contributed by atoms with van der Waals surface area (Å²) < 4.78 is 0. The molecule has 116 valence electrons. The molecule has 0 aromatic carbocycles. The van der Waals surface area contributed by atoms with E-state index in [1.165, 1.54) is 32.2 Å². The number of amides is 1. The smallest absolute Gasteiger partial charge is 0.238 e. The van der Waals surface area contributed by atoms with Gasteiger partial charge in [-0.3, -0.25) is 10.1 Å². The van der Waals surface area contributed by atoms with Crippen molar-refractivity contribution >= 4 is 5.91 Å². The molecule has 1 amide bonds. The maximum atomic E-state index is 11.8. The average molecular weight is 282 g/mol. The standard InChI is InChI=1S/C15H30N4O/c1-15(14(16)20,17-13-4-5-13)11-19-8-6-12(7-9-19)10-18(2)3/h12-13,17H,4-11H2,1-3H3,(H2,16,20). The average Bonchev–Trinajstić information content (AvgIpc) is 3.14. The number of hydrogen-bond donors (Lipinski definition) is 2. The first-order valence-corrected chi connectivity index (χ1v) is 7.84. The van der Waals surface area contributed by atoms with Crippen LogP contribution in [0.25, 0.3) is 0 Å². The largest absolute Gasteiger partial charge is 0.368 e. The number of carbonyl (C=O) groups excluding carboxylic acids is 1. The van der Waals surface area contributed by atoms with Crippen LogP contribution in [0.3, 0.4) is 0 Å². The molecule has 1 aliphatic carbocycles. The first-order valence-electron chi connectivity index (χ1n) is 7.84. The molecule has 20 heavy (non-hydrogen) atoms. The van der Waals surface area contributed by atoms with E-state index in [1.807, 2.05) is 6.92 Å². The van der Waals surface area contributed by atoms with E-state index in [0.717, 1.165) is 25.6 Å². The van der Waals surface area contributed by atoms with E-state index in [1.54, 1.807) is 0 Å². The first-order chi connectivity index (χ1) is 9.39. The quantitative estimate of drug-likeness (QED) is 0.703. The van der Waals surface area contributed by atoms with Gasteiger partial charge in [0.15, 0.2) is 0 Å². The highest BCUT2D eigenvalue weighted by Gasteiger charge is 2.38. The summed E-state index contributed by atoms with van der Waals surface area (Å²) in [5, 5.41) is 3.43. The van der Waals surface area contributed by atoms with Gasteiger partial charge in [0.2, 0.25) is 5.91 Å². The van der Waals surface area contributed by atoms with E-state index < -0.39 is 5.54 Å². The Balaban J connectivity index is 1.81. The Morgan fingerprint density at radius 3 is 2.35 bits per heavy atom. The highest BCUT2D eigenvalue weighted by Crippen LogP contribution is 2.24. The van der Waals surface area contributed by atoms with Gasteiger partial charge in [0.05, 0.1) is 0 Å². The van der Waals surface area contributed by atoms with Gasteiger partial charge in [-0.25, -0.2) is 0 Å². The van der Waals surface area contributed by atoms with Crippen LogP contribution in [0, 0.1) is 5.92 Å². The van der Waals surface area contributed by atoms with Crippen molar-refractivity contribution in [2.45, 2.75) is 44.2 Å². The lowest BCUT2D eigenvalue weighted by molar-refractivity contribution is -0.124. The Morgan fingerprint density at radius 2 is 1.90 bits per heavy atom. The second-order valence-electron chi connectivity index (χ2n) is 7.10. The molecule has 5 heteroatoms. The minimum atomic E-state index is -0.574. The van der Waals surface area contributed by atoms with Crippen molar-refractivity contribution < 1.29 is 4.79 Å². The van der Waals surface area contributed by atoms with Gasteiger partial charge in [-0.05, 0) is 65.7 Å². The van der Waals surface area contributed by atoms with Crippen molar-refractivity contribution in [3.8, 4) is 0 Å². The Labute approximate surface area is 122 Å². The summed E-state index contributed by atoms with van der Waals surface area (Å²) in [5.74, 6) is 0.567. The molecular formula is C15H30N4O. The van der Waals surface area contributed by atoms with Gasteiger partial charge >= 0.3 is 0 Å². The molecule has 1 unspecified atom stereocenters.